The number of hydrogen-bond donors (Lipinski definition) is 3. The summed E-state index contributed by atoms with van der Waals surface area (Å²) in [5, 5.41) is 14.0. The van der Waals surface area contributed by atoms with Crippen LogP contribution >= 0.6 is 52.1 Å². The van der Waals surface area contributed by atoms with Crippen molar-refractivity contribution in [2.75, 3.05) is 0 Å². The van der Waals surface area contributed by atoms with Crippen molar-refractivity contribution in [2.24, 2.45) is 0 Å². The third-order valence-corrected chi connectivity index (χ3v) is 4.79. The molecule has 2 aliphatic heterocycles. The zero-order valence-corrected chi connectivity index (χ0v) is 12.9. The van der Waals surface area contributed by atoms with E-state index < -0.39 is 0 Å². The minimum Gasteiger partial charge on any atom is -0.339 e. The van der Waals surface area contributed by atoms with Crippen molar-refractivity contribution in [3.63, 3.8) is 0 Å². The van der Waals surface area contributed by atoms with Gasteiger partial charge in [0.05, 0.1) is 10.6 Å². The smallest absolute Gasteiger partial charge is 0.143 e. The second kappa shape index (κ2) is 4.41. The molecule has 1 saturated heterocycles. The first-order valence-electron chi connectivity index (χ1n) is 4.99. The molecule has 1 aromatic carbocycles. The Morgan fingerprint density at radius 2 is 1.94 bits per heavy atom. The van der Waals surface area contributed by atoms with Crippen molar-refractivity contribution in [1.29, 1.82) is 5.41 Å². The summed E-state index contributed by atoms with van der Waals surface area (Å²) >= 11 is 15.2. The van der Waals surface area contributed by atoms with Crippen LogP contribution in [0, 0.1) is 5.41 Å². The van der Waals surface area contributed by atoms with Crippen LogP contribution in [0.15, 0.2) is 27.6 Å². The Kier molecular flexibility index (Phi) is 3.01. The van der Waals surface area contributed by atoms with Crippen LogP contribution in [0.1, 0.15) is 11.1 Å². The van der Waals surface area contributed by atoms with Gasteiger partial charge < -0.3 is 10.6 Å². The molecule has 3 rings (SSSR count). The number of thioether (sulfide) groups is 1. The summed E-state index contributed by atoms with van der Waals surface area (Å²) in [6.45, 7) is 0. The Morgan fingerprint density at radius 1 is 1.17 bits per heavy atom. The molecular formula is C11H6BrN3S3. The fourth-order valence-electron chi connectivity index (χ4n) is 1.86. The molecule has 1 fully saturated rings. The third-order valence-electron chi connectivity index (χ3n) is 2.61. The maximum absolute atomic E-state index is 7.95. The van der Waals surface area contributed by atoms with E-state index in [2.05, 4.69) is 26.6 Å². The number of thiocarbonyl (C=S) groups is 2. The minimum atomic E-state index is 0.390. The van der Waals surface area contributed by atoms with Gasteiger partial charge in [0.25, 0.3) is 0 Å². The Morgan fingerprint density at radius 3 is 2.61 bits per heavy atom. The predicted octanol–water partition coefficient (Wildman–Crippen LogP) is 2.99. The maximum atomic E-state index is 7.95. The van der Waals surface area contributed by atoms with Crippen molar-refractivity contribution in [2.45, 2.75) is 0 Å². The van der Waals surface area contributed by atoms with Crippen molar-refractivity contribution < 1.29 is 0 Å². The highest BCUT2D eigenvalue weighted by Crippen LogP contribution is 2.36. The van der Waals surface area contributed by atoms with Crippen LogP contribution in [0.4, 0.5) is 0 Å². The number of halogens is 1. The lowest BCUT2D eigenvalue weighted by atomic mass is 10.1. The molecule has 90 valence electrons. The summed E-state index contributed by atoms with van der Waals surface area (Å²) in [6, 6.07) is 5.82. The van der Waals surface area contributed by atoms with Gasteiger partial charge in [0.15, 0.2) is 0 Å². The zero-order chi connectivity index (χ0) is 12.9. The number of nitrogens with one attached hydrogen (secondary N) is 3. The van der Waals surface area contributed by atoms with Gasteiger partial charge in [0.2, 0.25) is 0 Å². The number of hydrogen-bond acceptors (Lipinski definition) is 4. The second-order valence-electron chi connectivity index (χ2n) is 3.74. The first-order valence-corrected chi connectivity index (χ1v) is 7.42. The van der Waals surface area contributed by atoms with Gasteiger partial charge in [-0.25, -0.2) is 0 Å². The molecule has 3 N–H and O–H groups in total. The molecule has 0 amide bonds. The van der Waals surface area contributed by atoms with Gasteiger partial charge in [0.1, 0.15) is 15.1 Å². The van der Waals surface area contributed by atoms with Crippen molar-refractivity contribution >= 4 is 73.0 Å². The third kappa shape index (κ3) is 1.91. The average Bonchev–Trinajstić information content (AvgIpc) is 2.79. The SMILES string of the molecule is N=C1N/C(=C2/SC(=S)NC2=S)c2cc(Br)ccc21. The van der Waals surface area contributed by atoms with Crippen LogP contribution in [-0.2, 0) is 0 Å². The van der Waals surface area contributed by atoms with Gasteiger partial charge in [-0.1, -0.05) is 52.1 Å². The van der Waals surface area contributed by atoms with Crippen molar-refractivity contribution in [3.05, 3.63) is 38.7 Å². The Hall–Kier alpha value is -0.760. The van der Waals surface area contributed by atoms with Crippen LogP contribution in [0.3, 0.4) is 0 Å². The van der Waals surface area contributed by atoms with E-state index in [1.807, 2.05) is 18.2 Å². The quantitative estimate of drug-likeness (QED) is 0.493. The topological polar surface area (TPSA) is 47.9 Å². The van der Waals surface area contributed by atoms with Crippen LogP contribution in [0.25, 0.3) is 5.70 Å². The standard InChI is InChI=1S/C11H6BrN3S3/c12-4-1-2-5-6(3-4)7(14-9(5)13)8-10(16)15-11(17)18-8/h1-3H,(H2,13,14)(H,15,16,17)/b8-7+. The monoisotopic (exact) mass is 355 g/mol. The van der Waals surface area contributed by atoms with Gasteiger partial charge in [0, 0.05) is 15.6 Å². The molecule has 0 spiro atoms. The van der Waals surface area contributed by atoms with Crippen molar-refractivity contribution in [1.82, 2.24) is 10.6 Å². The Labute approximate surface area is 127 Å². The molecule has 0 saturated carbocycles. The summed E-state index contributed by atoms with van der Waals surface area (Å²) in [6.07, 6.45) is 0. The molecule has 0 bridgehead atoms. The molecule has 2 heterocycles. The maximum Gasteiger partial charge on any atom is 0.143 e. The van der Waals surface area contributed by atoms with Crippen molar-refractivity contribution in [3.8, 4) is 0 Å². The minimum absolute atomic E-state index is 0.390. The van der Waals surface area contributed by atoms with Gasteiger partial charge >= 0.3 is 0 Å². The van der Waals surface area contributed by atoms with Gasteiger partial charge in [-0.2, -0.15) is 0 Å². The molecule has 0 aromatic heterocycles. The zero-order valence-electron chi connectivity index (χ0n) is 8.83. The second-order valence-corrected chi connectivity index (χ2v) is 6.75. The molecule has 7 heteroatoms. The lowest BCUT2D eigenvalue weighted by Crippen LogP contribution is -2.18. The molecule has 0 aliphatic carbocycles. The highest BCUT2D eigenvalue weighted by atomic mass is 79.9. The molecule has 18 heavy (non-hydrogen) atoms. The predicted molar refractivity (Wildman–Crippen MR) is 86.9 cm³/mol. The van der Waals surface area contributed by atoms with E-state index in [0.717, 1.165) is 26.2 Å². The van der Waals surface area contributed by atoms with E-state index >= 15 is 0 Å². The number of rotatable bonds is 0. The fraction of sp³-hybridized carbons (Fsp3) is 0. The number of benzene rings is 1. The van der Waals surface area contributed by atoms with E-state index in [0.29, 0.717) is 15.1 Å². The summed E-state index contributed by atoms with van der Waals surface area (Å²) in [5.41, 5.74) is 2.71. The van der Waals surface area contributed by atoms with Gasteiger partial charge in [-0.3, -0.25) is 5.41 Å². The number of fused-ring (bicyclic) bond motifs is 1. The lowest BCUT2D eigenvalue weighted by Gasteiger charge is -2.04. The van der Waals surface area contributed by atoms with Gasteiger partial charge in [-0.05, 0) is 18.2 Å². The molecule has 0 radical (unpaired) electrons. The molecule has 0 unspecified atom stereocenters. The number of amidine groups is 1. The van der Waals surface area contributed by atoms with E-state index in [4.69, 9.17) is 29.8 Å². The molecule has 2 aliphatic rings. The highest BCUT2D eigenvalue weighted by Gasteiger charge is 2.29. The average molecular weight is 356 g/mol. The summed E-state index contributed by atoms with van der Waals surface area (Å²) < 4.78 is 1.62. The molecule has 3 nitrogen and oxygen atoms in total. The van der Waals surface area contributed by atoms with Crippen LogP contribution in [0.5, 0.6) is 0 Å². The summed E-state index contributed by atoms with van der Waals surface area (Å²) in [4.78, 5) is 1.50. The van der Waals surface area contributed by atoms with E-state index in [9.17, 15) is 0 Å². The molecular weight excluding hydrogens is 350 g/mol. The molecule has 0 atom stereocenters. The highest BCUT2D eigenvalue weighted by molar-refractivity contribution is 9.10. The molecule has 1 aromatic rings. The summed E-state index contributed by atoms with van der Waals surface area (Å²) in [7, 11) is 0. The lowest BCUT2D eigenvalue weighted by molar-refractivity contribution is 1.30. The van der Waals surface area contributed by atoms with E-state index in [-0.39, 0.29) is 0 Å². The Bertz CT molecular complexity index is 651. The summed E-state index contributed by atoms with van der Waals surface area (Å²) in [5.74, 6) is 0.390. The van der Waals surface area contributed by atoms with Crippen LogP contribution in [0.2, 0.25) is 0 Å². The van der Waals surface area contributed by atoms with E-state index in [1.54, 1.807) is 0 Å². The fourth-order valence-corrected chi connectivity index (χ4v) is 3.78. The largest absolute Gasteiger partial charge is 0.339 e. The van der Waals surface area contributed by atoms with Crippen LogP contribution in [-0.4, -0.2) is 15.1 Å². The van der Waals surface area contributed by atoms with E-state index in [1.165, 1.54) is 11.8 Å². The van der Waals surface area contributed by atoms with Gasteiger partial charge in [-0.15, -0.1) is 0 Å². The first-order chi connectivity index (χ1) is 8.56. The normalized spacial score (nSPS) is 21.9. The van der Waals surface area contributed by atoms with Crippen LogP contribution < -0.4 is 10.6 Å². The Balaban J connectivity index is 2.21. The first kappa shape index (κ1) is 12.3.